The zero-order valence-electron chi connectivity index (χ0n) is 16.5. The molecule has 4 heterocycles. The number of carbonyl (C=O) groups excluding carboxylic acids is 2. The van der Waals surface area contributed by atoms with E-state index in [0.29, 0.717) is 40.6 Å². The minimum absolute atomic E-state index is 0.0391. The van der Waals surface area contributed by atoms with Crippen LogP contribution in [0.2, 0.25) is 0 Å². The van der Waals surface area contributed by atoms with Crippen LogP contribution in [-0.4, -0.2) is 33.5 Å². The summed E-state index contributed by atoms with van der Waals surface area (Å²) in [5, 5.41) is 6.09. The second-order valence-electron chi connectivity index (χ2n) is 6.80. The summed E-state index contributed by atoms with van der Waals surface area (Å²) in [6.07, 6.45) is 3.28. The monoisotopic (exact) mass is 663 g/mol. The van der Waals surface area contributed by atoms with Crippen LogP contribution in [0, 0.1) is 5.82 Å². The van der Waals surface area contributed by atoms with Crippen LogP contribution in [0.25, 0.3) is 11.3 Å². The second kappa shape index (κ2) is 8.73. The molecule has 3 aromatic rings. The number of hydrogen-bond donors (Lipinski definition) is 4. The first-order chi connectivity index (χ1) is 15.6. The third-order valence-corrected chi connectivity index (χ3v) is 9.80. The Morgan fingerprint density at radius 2 is 2.19 bits per heavy atom. The van der Waals surface area contributed by atoms with E-state index in [1.807, 2.05) is 0 Å². The molecule has 4 N–H and O–H groups in total. The fourth-order valence-electron chi connectivity index (χ4n) is 3.64. The molecule has 2 bridgehead atoms. The number of alkyl halides is 1. The van der Waals surface area contributed by atoms with Crippen LogP contribution >= 0.6 is 0 Å². The number of nitrogens with zero attached hydrogens (tertiary/aromatic N) is 1. The number of pyridine rings is 1. The van der Waals surface area contributed by atoms with E-state index in [1.165, 1.54) is 13.2 Å². The van der Waals surface area contributed by atoms with Crippen molar-refractivity contribution >= 4 is 26.9 Å². The molecule has 32 heavy (non-hydrogen) atoms. The molecule has 0 fully saturated rings. The molecule has 0 aliphatic carbocycles. The van der Waals surface area contributed by atoms with Crippen molar-refractivity contribution in [2.45, 2.75) is 3.92 Å². The van der Waals surface area contributed by atoms with Crippen molar-refractivity contribution in [2.24, 2.45) is 0 Å². The molecule has 0 radical (unpaired) electrons. The molecule has 0 saturated heterocycles. The normalized spacial score (nSPS) is 17.8. The number of aromatic nitrogens is 2. The van der Waals surface area contributed by atoms with Gasteiger partial charge in [-0.1, -0.05) is 0 Å². The zero-order valence-corrected chi connectivity index (χ0v) is 20.8. The van der Waals surface area contributed by atoms with Crippen molar-refractivity contribution in [3.63, 3.8) is 0 Å². The summed E-state index contributed by atoms with van der Waals surface area (Å²) >= 11 is -2.12. The van der Waals surface area contributed by atoms with Crippen LogP contribution in [0.3, 0.4) is 0 Å². The first kappa shape index (κ1) is 21.2. The maximum atomic E-state index is 14.3. The molecule has 168 valence electrons. The first-order valence-electron chi connectivity index (χ1n) is 9.39. The van der Waals surface area contributed by atoms with Crippen LogP contribution in [0.1, 0.15) is 20.0 Å². The molecule has 2 aromatic heterocycles. The number of methoxy groups -OCH3 is 1. The fourth-order valence-corrected chi connectivity index (χ4v) is 7.72. The van der Waals surface area contributed by atoms with E-state index in [0.717, 1.165) is 5.56 Å². The van der Waals surface area contributed by atoms with Crippen LogP contribution in [0.4, 0.5) is 26.2 Å². The van der Waals surface area contributed by atoms with Crippen molar-refractivity contribution in [2.75, 3.05) is 22.5 Å². The summed E-state index contributed by atoms with van der Waals surface area (Å²) in [4.78, 5) is 32.9. The van der Waals surface area contributed by atoms with Gasteiger partial charge >= 0.3 is 204 Å². The van der Waals surface area contributed by atoms with Gasteiger partial charge in [0, 0.05) is 0 Å². The quantitative estimate of drug-likeness (QED) is 0.105. The standard InChI is InChI=1S/C20H16FI2N5O4/c1-31-18-10(21)3-2-4-12(18)26-17-14-16-11(7-25-19(14)29)22-20(30)32-23-28-13-8-24-6-5-9(13)15(17)27-16/h2-6,8,11,26-28H,7H2,1H3,(H,25,29)/q-2/t11-/m1/s1. The number of benzene rings is 1. The number of amides is 1. The predicted molar refractivity (Wildman–Crippen MR) is 105 cm³/mol. The van der Waals surface area contributed by atoms with Crippen LogP contribution < -0.4 is 62.0 Å². The van der Waals surface area contributed by atoms with Gasteiger partial charge in [0.2, 0.25) is 0 Å². The van der Waals surface area contributed by atoms with Crippen molar-refractivity contribution in [3.8, 4) is 17.0 Å². The number of carbonyl (C=O) groups is 2. The third kappa shape index (κ3) is 3.74. The number of halogens is 3. The average Bonchev–Trinajstić information content (AvgIpc) is 3.15. The molecular formula is C20H16FI2N5O4-2. The van der Waals surface area contributed by atoms with Gasteiger partial charge in [0.05, 0.1) is 0 Å². The Labute approximate surface area is 203 Å². The number of nitrogens with one attached hydrogen (secondary N) is 4. The Morgan fingerprint density at radius 3 is 3.03 bits per heavy atom. The Hall–Kier alpha value is -2.62. The van der Waals surface area contributed by atoms with E-state index in [1.54, 1.807) is 30.6 Å². The van der Waals surface area contributed by atoms with Crippen molar-refractivity contribution in [1.29, 1.82) is 0 Å². The zero-order chi connectivity index (χ0) is 22.2. The predicted octanol–water partition coefficient (Wildman–Crippen LogP) is -2.68. The van der Waals surface area contributed by atoms with Crippen LogP contribution in [0.5, 0.6) is 5.75 Å². The molecule has 2 aliphatic heterocycles. The third-order valence-electron chi connectivity index (χ3n) is 4.99. The topological polar surface area (TPSA) is 117 Å². The van der Waals surface area contributed by atoms with E-state index >= 15 is 0 Å². The Morgan fingerprint density at radius 1 is 1.31 bits per heavy atom. The summed E-state index contributed by atoms with van der Waals surface area (Å²) in [5.41, 5.74) is 3.98. The average molecular weight is 663 g/mol. The number of ether oxygens (including phenoxy) is 1. The molecule has 12 heteroatoms. The Kier molecular flexibility index (Phi) is 5.79. The van der Waals surface area contributed by atoms with Gasteiger partial charge in [-0.15, -0.1) is 0 Å². The van der Waals surface area contributed by atoms with E-state index in [2.05, 4.69) is 24.1 Å². The molecule has 1 amide bonds. The van der Waals surface area contributed by atoms with E-state index in [9.17, 15) is 14.0 Å². The van der Waals surface area contributed by atoms with Gasteiger partial charge in [-0.2, -0.15) is 0 Å². The van der Waals surface area contributed by atoms with Gasteiger partial charge in [0.25, 0.3) is 0 Å². The molecule has 5 rings (SSSR count). The van der Waals surface area contributed by atoms with Gasteiger partial charge in [0.15, 0.2) is 0 Å². The number of fused-ring (bicyclic) bond motifs is 3. The molecule has 9 nitrogen and oxygen atoms in total. The summed E-state index contributed by atoms with van der Waals surface area (Å²) < 4.78 is 27.8. The number of rotatable bonds is 3. The van der Waals surface area contributed by atoms with Gasteiger partial charge < -0.3 is 0 Å². The number of H-pyrrole nitrogens is 1. The van der Waals surface area contributed by atoms with Crippen LogP contribution in [-0.2, 0) is 3.07 Å². The van der Waals surface area contributed by atoms with Gasteiger partial charge in [0.1, 0.15) is 0 Å². The maximum absolute atomic E-state index is 14.3. The molecule has 0 saturated carbocycles. The number of para-hydroxylation sites is 1. The summed E-state index contributed by atoms with van der Waals surface area (Å²) in [6, 6.07) is 6.34. The first-order valence-corrected chi connectivity index (χ1v) is 13.7. The van der Waals surface area contributed by atoms with Gasteiger partial charge in [-0.25, -0.2) is 0 Å². The molecular weight excluding hydrogens is 647 g/mol. The van der Waals surface area contributed by atoms with E-state index < -0.39 is 48.9 Å². The number of anilines is 3. The minimum atomic E-state index is -1.07. The van der Waals surface area contributed by atoms with Crippen molar-refractivity contribution < 1.29 is 64.9 Å². The summed E-state index contributed by atoms with van der Waals surface area (Å²) in [5.74, 6) is -0.760. The molecule has 0 unspecified atom stereocenters. The van der Waals surface area contributed by atoms with E-state index in [-0.39, 0.29) is 19.6 Å². The van der Waals surface area contributed by atoms with Gasteiger partial charge in [-0.05, 0) is 0 Å². The van der Waals surface area contributed by atoms with Crippen LogP contribution in [0.15, 0.2) is 36.7 Å². The Balaban J connectivity index is 1.75. The SMILES string of the molecule is COc1c(F)cccc1Nc1c2[nH]c3c1C(=O)NC[C@H]3[I-]C(=O)O[I-]Nc1cnccc1-2. The molecule has 0 spiro atoms. The molecule has 2 aliphatic rings. The van der Waals surface area contributed by atoms with Crippen molar-refractivity contribution in [1.82, 2.24) is 15.3 Å². The fraction of sp³-hybridized carbons (Fsp3) is 0.150. The Bertz CT molecular complexity index is 1230. The number of hydrogen-bond acceptors (Lipinski definition) is 7. The van der Waals surface area contributed by atoms with Gasteiger partial charge in [-0.3, -0.25) is 0 Å². The molecule has 1 atom stereocenters. The molecule has 1 aromatic carbocycles. The van der Waals surface area contributed by atoms with Crippen molar-refractivity contribution in [3.05, 3.63) is 53.7 Å². The second-order valence-corrected chi connectivity index (χ2v) is 11.2. The summed E-state index contributed by atoms with van der Waals surface area (Å²) in [6.45, 7) is 0.353. The summed E-state index contributed by atoms with van der Waals surface area (Å²) in [7, 11) is 1.39. The van der Waals surface area contributed by atoms with E-state index in [4.69, 9.17) is 7.80 Å². The number of aromatic amines is 1.